The van der Waals surface area contributed by atoms with Crippen LogP contribution in [0, 0.1) is 3.57 Å². The van der Waals surface area contributed by atoms with E-state index in [0.29, 0.717) is 34.4 Å². The second kappa shape index (κ2) is 13.8. The normalized spacial score (nSPS) is 15.1. The summed E-state index contributed by atoms with van der Waals surface area (Å²) in [4.78, 5) is 30.4. The summed E-state index contributed by atoms with van der Waals surface area (Å²) in [6, 6.07) is 12.9. The predicted molar refractivity (Wildman–Crippen MR) is 180 cm³/mol. The Morgan fingerprint density at radius 1 is 1.11 bits per heavy atom. The summed E-state index contributed by atoms with van der Waals surface area (Å²) < 4.78 is 56.4. The minimum Gasteiger partial charge on any atom is -0.487 e. The van der Waals surface area contributed by atoms with Gasteiger partial charge in [-0.3, -0.25) is 9.36 Å². The van der Waals surface area contributed by atoms with Gasteiger partial charge in [-0.05, 0) is 99.0 Å². The number of carbonyl (C=O) groups is 1. The van der Waals surface area contributed by atoms with E-state index >= 15 is 0 Å². The first-order valence-electron chi connectivity index (χ1n) is 12.9. The fourth-order valence-corrected chi connectivity index (χ4v) is 7.90. The van der Waals surface area contributed by atoms with Crippen molar-refractivity contribution in [3.05, 3.63) is 125 Å². The number of carbonyl (C=O) groups excluding carboxylic acids is 1. The van der Waals surface area contributed by atoms with Gasteiger partial charge in [-0.25, -0.2) is 9.79 Å². The number of benzene rings is 3. The Kier molecular flexibility index (Phi) is 10.4. The van der Waals surface area contributed by atoms with Gasteiger partial charge in [0.15, 0.2) is 10.5 Å². The molecule has 1 aromatic heterocycles. The summed E-state index contributed by atoms with van der Waals surface area (Å²) in [6.07, 6.45) is -3.47. The first-order valence-corrected chi connectivity index (χ1v) is 16.7. The van der Waals surface area contributed by atoms with Crippen molar-refractivity contribution in [2.24, 2.45) is 4.99 Å². The Bertz CT molecular complexity index is 2010. The minimum absolute atomic E-state index is 0.101. The van der Waals surface area contributed by atoms with E-state index in [1.807, 2.05) is 0 Å². The van der Waals surface area contributed by atoms with Crippen molar-refractivity contribution in [1.29, 1.82) is 0 Å². The molecule has 234 valence electrons. The number of esters is 1. The van der Waals surface area contributed by atoms with Gasteiger partial charge in [0.2, 0.25) is 0 Å². The number of halogens is 8. The van der Waals surface area contributed by atoms with Crippen LogP contribution in [0.25, 0.3) is 6.08 Å². The summed E-state index contributed by atoms with van der Waals surface area (Å²) in [7, 11) is 0. The zero-order valence-electron chi connectivity index (χ0n) is 22.7. The average Bonchev–Trinajstić information content (AvgIpc) is 3.27. The zero-order valence-corrected chi connectivity index (χ0v) is 29.6. The van der Waals surface area contributed by atoms with Crippen LogP contribution in [0.15, 0.2) is 80.1 Å². The highest BCUT2D eigenvalue weighted by Gasteiger charge is 2.45. The molecule has 0 fully saturated rings. The third-order valence-corrected chi connectivity index (χ3v) is 9.70. The van der Waals surface area contributed by atoms with Crippen LogP contribution in [0.5, 0.6) is 5.75 Å². The summed E-state index contributed by atoms with van der Waals surface area (Å²) in [5, 5.41) is 1.28. The lowest BCUT2D eigenvalue weighted by Gasteiger charge is -2.26. The van der Waals surface area contributed by atoms with Gasteiger partial charge in [-0.1, -0.05) is 64.3 Å². The fourth-order valence-electron chi connectivity index (χ4n) is 4.54. The SMILES string of the molecule is CCOC(=O)C1=C(C(F)(F)F)N=c2s/c(=C\c3cc(Br)c(OCc4ccc(Cl)cc4Cl)c(I)c3)c(=O)n2[C@@H]1c1ccc(Cl)cc1. The number of allylic oxidation sites excluding steroid dienone is 1. The van der Waals surface area contributed by atoms with Crippen molar-refractivity contribution in [3.63, 3.8) is 0 Å². The highest BCUT2D eigenvalue weighted by molar-refractivity contribution is 14.1. The molecular weight excluding hydrogens is 855 g/mol. The van der Waals surface area contributed by atoms with Crippen LogP contribution in [-0.2, 0) is 16.1 Å². The van der Waals surface area contributed by atoms with Crippen molar-refractivity contribution >= 4 is 96.7 Å². The lowest BCUT2D eigenvalue weighted by atomic mass is 9.95. The van der Waals surface area contributed by atoms with Crippen LogP contribution in [0.1, 0.15) is 29.7 Å². The van der Waals surface area contributed by atoms with E-state index in [-0.39, 0.29) is 28.1 Å². The number of ether oxygens (including phenoxy) is 2. The highest BCUT2D eigenvalue weighted by atomic mass is 127. The molecule has 2 heterocycles. The van der Waals surface area contributed by atoms with Crippen molar-refractivity contribution in [2.75, 3.05) is 6.61 Å². The molecule has 1 atom stereocenters. The van der Waals surface area contributed by atoms with Gasteiger partial charge in [0, 0.05) is 20.6 Å². The number of hydrogen-bond acceptors (Lipinski definition) is 6. The van der Waals surface area contributed by atoms with E-state index in [0.717, 1.165) is 21.5 Å². The number of aromatic nitrogens is 1. The van der Waals surface area contributed by atoms with E-state index in [4.69, 9.17) is 44.3 Å². The lowest BCUT2D eigenvalue weighted by Crippen LogP contribution is -2.41. The largest absolute Gasteiger partial charge is 0.487 e. The molecule has 6 nitrogen and oxygen atoms in total. The molecule has 3 aromatic carbocycles. The molecule has 0 amide bonds. The summed E-state index contributed by atoms with van der Waals surface area (Å²) >= 11 is 24.6. The number of thiazole rings is 1. The van der Waals surface area contributed by atoms with Crippen molar-refractivity contribution in [1.82, 2.24) is 4.57 Å². The maximum Gasteiger partial charge on any atom is 0.434 e. The van der Waals surface area contributed by atoms with Crippen LogP contribution < -0.4 is 19.6 Å². The zero-order chi connectivity index (χ0) is 32.6. The average molecular weight is 873 g/mol. The molecule has 0 bridgehead atoms. The van der Waals surface area contributed by atoms with Crippen molar-refractivity contribution < 1.29 is 27.4 Å². The van der Waals surface area contributed by atoms with Crippen molar-refractivity contribution in [3.8, 4) is 5.75 Å². The Balaban J connectivity index is 1.61. The molecule has 4 aromatic rings. The molecule has 15 heteroatoms. The molecular formula is C30H18BrCl3F3IN2O4S. The summed E-state index contributed by atoms with van der Waals surface area (Å²) in [5.41, 5.74) is -1.32. The number of rotatable bonds is 7. The molecule has 0 unspecified atom stereocenters. The molecule has 0 aliphatic carbocycles. The summed E-state index contributed by atoms with van der Waals surface area (Å²) in [6.45, 7) is 1.46. The van der Waals surface area contributed by atoms with Gasteiger partial charge in [-0.2, -0.15) is 13.2 Å². The monoisotopic (exact) mass is 870 g/mol. The van der Waals surface area contributed by atoms with Crippen LogP contribution in [0.3, 0.4) is 0 Å². The van der Waals surface area contributed by atoms with Gasteiger partial charge >= 0.3 is 12.1 Å². The maximum absolute atomic E-state index is 14.3. The van der Waals surface area contributed by atoms with E-state index in [1.165, 1.54) is 37.3 Å². The smallest absolute Gasteiger partial charge is 0.434 e. The number of nitrogens with zero attached hydrogens (tertiary/aromatic N) is 2. The number of hydrogen-bond donors (Lipinski definition) is 0. The molecule has 0 saturated heterocycles. The second-order valence-corrected chi connectivity index (χ2v) is 13.8. The predicted octanol–water partition coefficient (Wildman–Crippen LogP) is 8.25. The topological polar surface area (TPSA) is 69.9 Å². The van der Waals surface area contributed by atoms with Crippen LogP contribution >= 0.6 is 84.7 Å². The number of fused-ring (bicyclic) bond motifs is 1. The Hall–Kier alpha value is -2.36. The van der Waals surface area contributed by atoms with Gasteiger partial charge in [-0.15, -0.1) is 0 Å². The molecule has 0 N–H and O–H groups in total. The van der Waals surface area contributed by atoms with Crippen LogP contribution in [0.4, 0.5) is 13.2 Å². The van der Waals surface area contributed by atoms with Gasteiger partial charge in [0.25, 0.3) is 5.56 Å². The highest BCUT2D eigenvalue weighted by Crippen LogP contribution is 2.39. The molecule has 1 aliphatic heterocycles. The third-order valence-electron chi connectivity index (χ3n) is 6.49. The van der Waals surface area contributed by atoms with E-state index in [1.54, 1.807) is 30.3 Å². The Morgan fingerprint density at radius 3 is 2.42 bits per heavy atom. The molecule has 0 spiro atoms. The van der Waals surface area contributed by atoms with Gasteiger partial charge < -0.3 is 9.47 Å². The first kappa shape index (κ1) is 34.0. The van der Waals surface area contributed by atoms with E-state index in [9.17, 15) is 22.8 Å². The Labute approximate surface area is 295 Å². The third kappa shape index (κ3) is 7.31. The first-order chi connectivity index (χ1) is 21.3. The fraction of sp³-hybridized carbons (Fsp3) is 0.167. The standard InChI is InChI=1S/C30H18BrCl3F3IN2O4S/c1-2-43-28(42)23-24(15-3-6-17(32)7-4-15)40-27(41)22(45-29(40)39-26(23)30(35,36)37)11-14-9-19(31)25(21(38)10-14)44-13-16-5-8-18(33)12-20(16)34/h3-12,24H,2,13H2,1H3/b22-11-/t24-/m1/s1. The number of alkyl halides is 3. The van der Waals surface area contributed by atoms with Gasteiger partial charge in [0.05, 0.1) is 30.8 Å². The molecule has 1 aliphatic rings. The van der Waals surface area contributed by atoms with Crippen molar-refractivity contribution in [2.45, 2.75) is 25.7 Å². The van der Waals surface area contributed by atoms with Crippen LogP contribution in [-0.4, -0.2) is 23.3 Å². The summed E-state index contributed by atoms with van der Waals surface area (Å²) in [5.74, 6) is -0.700. The molecule has 0 radical (unpaired) electrons. The van der Waals surface area contributed by atoms with E-state index < -0.39 is 35.0 Å². The molecule has 0 saturated carbocycles. The Morgan fingerprint density at radius 2 is 1.80 bits per heavy atom. The van der Waals surface area contributed by atoms with Gasteiger partial charge in [0.1, 0.15) is 12.4 Å². The molecule has 45 heavy (non-hydrogen) atoms. The van der Waals surface area contributed by atoms with E-state index in [2.05, 4.69) is 43.5 Å². The molecule has 5 rings (SSSR count). The maximum atomic E-state index is 14.3. The van der Waals surface area contributed by atoms with Crippen LogP contribution in [0.2, 0.25) is 15.1 Å². The second-order valence-electron chi connectivity index (χ2n) is 9.45. The lowest BCUT2D eigenvalue weighted by molar-refractivity contribution is -0.140. The minimum atomic E-state index is -5.00. The quantitative estimate of drug-likeness (QED) is 0.139.